The molecule has 1 saturated heterocycles. The Hall–Kier alpha value is -2.39. The summed E-state index contributed by atoms with van der Waals surface area (Å²) in [5, 5.41) is 11.5. The van der Waals surface area contributed by atoms with Crippen LogP contribution in [-0.4, -0.2) is 54.3 Å². The van der Waals surface area contributed by atoms with Gasteiger partial charge in [0.25, 0.3) is 0 Å². The van der Waals surface area contributed by atoms with E-state index < -0.39 is 0 Å². The number of anilines is 1. The molecule has 0 aromatic heterocycles. The van der Waals surface area contributed by atoms with Gasteiger partial charge in [0.05, 0.1) is 11.6 Å². The lowest BCUT2D eigenvalue weighted by molar-refractivity contribution is -0.130. The Morgan fingerprint density at radius 2 is 1.82 bits per heavy atom. The van der Waals surface area contributed by atoms with E-state index in [4.69, 9.17) is 5.26 Å². The molecule has 1 aliphatic heterocycles. The maximum absolute atomic E-state index is 11.9. The number of hydrogen-bond donors (Lipinski definition) is 1. The highest BCUT2D eigenvalue weighted by Gasteiger charge is 2.18. The molecule has 0 spiro atoms. The Kier molecular flexibility index (Phi) is 5.50. The van der Waals surface area contributed by atoms with Crippen LogP contribution in [0.3, 0.4) is 0 Å². The predicted octanol–water partition coefficient (Wildman–Crippen LogP) is 1.05. The molecule has 22 heavy (non-hydrogen) atoms. The highest BCUT2D eigenvalue weighted by molar-refractivity contribution is 5.90. The fraction of sp³-hybridized carbons (Fsp3) is 0.438. The number of rotatable bonds is 4. The normalized spacial score (nSPS) is 15.2. The number of carbonyl (C=O) groups is 2. The summed E-state index contributed by atoms with van der Waals surface area (Å²) in [5.41, 5.74) is 1.27. The minimum atomic E-state index is -0.0429. The van der Waals surface area contributed by atoms with Gasteiger partial charge in [0.15, 0.2) is 0 Å². The van der Waals surface area contributed by atoms with Crippen LogP contribution in [-0.2, 0) is 9.59 Å². The van der Waals surface area contributed by atoms with E-state index in [1.807, 2.05) is 11.0 Å². The Labute approximate surface area is 130 Å². The summed E-state index contributed by atoms with van der Waals surface area (Å²) in [6.07, 6.45) is 0.417. The van der Waals surface area contributed by atoms with Crippen LogP contribution in [0.5, 0.6) is 0 Å². The van der Waals surface area contributed by atoms with Crippen LogP contribution in [0.2, 0.25) is 0 Å². The first-order valence-electron chi connectivity index (χ1n) is 7.36. The van der Waals surface area contributed by atoms with E-state index in [2.05, 4.69) is 10.2 Å². The van der Waals surface area contributed by atoms with Gasteiger partial charge in [-0.2, -0.15) is 5.26 Å². The number of hydrogen-bond acceptors (Lipinski definition) is 4. The molecule has 0 radical (unpaired) electrons. The maximum atomic E-state index is 11.9. The third kappa shape index (κ3) is 4.57. The Balaban J connectivity index is 1.72. The van der Waals surface area contributed by atoms with Gasteiger partial charge in [-0.25, -0.2) is 0 Å². The fourth-order valence-electron chi connectivity index (χ4n) is 2.40. The van der Waals surface area contributed by atoms with Gasteiger partial charge < -0.3 is 10.2 Å². The lowest BCUT2D eigenvalue weighted by Crippen LogP contribution is -2.48. The largest absolute Gasteiger partial charge is 0.340 e. The number of nitrogens with one attached hydrogen (secondary N) is 1. The second-order valence-electron chi connectivity index (χ2n) is 5.34. The second kappa shape index (κ2) is 7.57. The average molecular weight is 300 g/mol. The van der Waals surface area contributed by atoms with Crippen LogP contribution < -0.4 is 5.32 Å². The van der Waals surface area contributed by atoms with Gasteiger partial charge in [-0.3, -0.25) is 14.5 Å². The van der Waals surface area contributed by atoms with Crippen molar-refractivity contribution in [2.24, 2.45) is 0 Å². The molecule has 1 aliphatic rings. The highest BCUT2D eigenvalue weighted by atomic mass is 16.2. The molecule has 0 saturated carbocycles. The van der Waals surface area contributed by atoms with Gasteiger partial charge in [0.2, 0.25) is 11.8 Å². The Morgan fingerprint density at radius 1 is 1.18 bits per heavy atom. The van der Waals surface area contributed by atoms with E-state index >= 15 is 0 Å². The van der Waals surface area contributed by atoms with Crippen molar-refractivity contribution < 1.29 is 9.59 Å². The van der Waals surface area contributed by atoms with Gasteiger partial charge in [-0.1, -0.05) is 0 Å². The van der Waals surface area contributed by atoms with Crippen LogP contribution in [0.1, 0.15) is 18.9 Å². The van der Waals surface area contributed by atoms with Gasteiger partial charge >= 0.3 is 0 Å². The summed E-state index contributed by atoms with van der Waals surface area (Å²) in [4.78, 5) is 27.2. The molecule has 0 aliphatic carbocycles. The van der Waals surface area contributed by atoms with E-state index in [-0.39, 0.29) is 11.8 Å². The number of piperazine rings is 1. The summed E-state index contributed by atoms with van der Waals surface area (Å²) in [5.74, 6) is 0.0666. The molecular formula is C16H20N4O2. The van der Waals surface area contributed by atoms with Crippen molar-refractivity contribution in [3.63, 3.8) is 0 Å². The minimum Gasteiger partial charge on any atom is -0.340 e. The zero-order valence-corrected chi connectivity index (χ0v) is 12.7. The quantitative estimate of drug-likeness (QED) is 0.902. The maximum Gasteiger partial charge on any atom is 0.225 e. The molecule has 0 unspecified atom stereocenters. The first kappa shape index (κ1) is 16.0. The zero-order chi connectivity index (χ0) is 15.9. The highest BCUT2D eigenvalue weighted by Crippen LogP contribution is 2.09. The van der Waals surface area contributed by atoms with Crippen LogP contribution in [0.15, 0.2) is 24.3 Å². The summed E-state index contributed by atoms with van der Waals surface area (Å²) < 4.78 is 0. The van der Waals surface area contributed by atoms with Crippen molar-refractivity contribution in [3.05, 3.63) is 29.8 Å². The summed E-state index contributed by atoms with van der Waals surface area (Å²) in [6.45, 7) is 5.35. The van der Waals surface area contributed by atoms with E-state index in [0.717, 1.165) is 26.2 Å². The first-order valence-corrected chi connectivity index (χ1v) is 7.36. The van der Waals surface area contributed by atoms with Crippen molar-refractivity contribution in [2.75, 3.05) is 38.0 Å². The molecule has 0 atom stereocenters. The number of nitriles is 1. The smallest absolute Gasteiger partial charge is 0.225 e. The monoisotopic (exact) mass is 300 g/mol. The number of nitrogens with zero attached hydrogens (tertiary/aromatic N) is 3. The lowest BCUT2D eigenvalue weighted by atomic mass is 10.2. The van der Waals surface area contributed by atoms with Gasteiger partial charge in [-0.05, 0) is 24.3 Å². The van der Waals surface area contributed by atoms with Gasteiger partial charge in [-0.15, -0.1) is 0 Å². The van der Waals surface area contributed by atoms with Crippen molar-refractivity contribution in [1.29, 1.82) is 5.26 Å². The van der Waals surface area contributed by atoms with E-state index in [1.165, 1.54) is 0 Å². The van der Waals surface area contributed by atoms with E-state index in [9.17, 15) is 9.59 Å². The van der Waals surface area contributed by atoms with Crippen molar-refractivity contribution in [2.45, 2.75) is 13.3 Å². The number of benzene rings is 1. The minimum absolute atomic E-state index is 0.0429. The van der Waals surface area contributed by atoms with E-state index in [1.54, 1.807) is 31.2 Å². The lowest BCUT2D eigenvalue weighted by Gasteiger charge is -2.34. The number of amides is 2. The van der Waals surface area contributed by atoms with Crippen LogP contribution in [0.25, 0.3) is 0 Å². The molecule has 0 bridgehead atoms. The molecular weight excluding hydrogens is 280 g/mol. The Bertz CT molecular complexity index is 569. The predicted molar refractivity (Wildman–Crippen MR) is 83.1 cm³/mol. The zero-order valence-electron chi connectivity index (χ0n) is 12.7. The fourth-order valence-corrected chi connectivity index (χ4v) is 2.40. The molecule has 6 nitrogen and oxygen atoms in total. The second-order valence-corrected chi connectivity index (χ2v) is 5.34. The SMILES string of the molecule is CC(=O)N1CCN(CCC(=O)Nc2ccc(C#N)cc2)CC1. The van der Waals surface area contributed by atoms with Crippen LogP contribution in [0, 0.1) is 11.3 Å². The average Bonchev–Trinajstić information content (AvgIpc) is 2.54. The van der Waals surface area contributed by atoms with Crippen LogP contribution in [0.4, 0.5) is 5.69 Å². The van der Waals surface area contributed by atoms with E-state index in [0.29, 0.717) is 24.2 Å². The molecule has 1 heterocycles. The molecule has 1 aromatic rings. The molecule has 6 heteroatoms. The molecule has 1 fully saturated rings. The molecule has 1 N–H and O–H groups in total. The van der Waals surface area contributed by atoms with Crippen molar-refractivity contribution in [3.8, 4) is 6.07 Å². The standard InChI is InChI=1S/C16H20N4O2/c1-13(21)20-10-8-19(9-11-20)7-6-16(22)18-15-4-2-14(12-17)3-5-15/h2-5H,6-11H2,1H3,(H,18,22). The van der Waals surface area contributed by atoms with Crippen molar-refractivity contribution >= 4 is 17.5 Å². The third-order valence-corrected chi connectivity index (χ3v) is 3.77. The number of carbonyl (C=O) groups excluding carboxylic acids is 2. The molecule has 2 rings (SSSR count). The van der Waals surface area contributed by atoms with Gasteiger partial charge in [0, 0.05) is 51.8 Å². The van der Waals surface area contributed by atoms with Gasteiger partial charge in [0.1, 0.15) is 0 Å². The summed E-state index contributed by atoms with van der Waals surface area (Å²) in [6, 6.07) is 8.84. The molecule has 2 amide bonds. The third-order valence-electron chi connectivity index (χ3n) is 3.77. The van der Waals surface area contributed by atoms with Crippen LogP contribution >= 0.6 is 0 Å². The topological polar surface area (TPSA) is 76.4 Å². The van der Waals surface area contributed by atoms with Crippen molar-refractivity contribution in [1.82, 2.24) is 9.80 Å². The molecule has 1 aromatic carbocycles. The first-order chi connectivity index (χ1) is 10.6. The summed E-state index contributed by atoms with van der Waals surface area (Å²) in [7, 11) is 0. The Morgan fingerprint density at radius 3 is 2.36 bits per heavy atom. The molecule has 116 valence electrons. The summed E-state index contributed by atoms with van der Waals surface area (Å²) >= 11 is 0.